The summed E-state index contributed by atoms with van der Waals surface area (Å²) < 4.78 is 0. The van der Waals surface area contributed by atoms with E-state index in [0.29, 0.717) is 11.7 Å². The van der Waals surface area contributed by atoms with E-state index in [1.807, 2.05) is 13.0 Å². The van der Waals surface area contributed by atoms with Gasteiger partial charge >= 0.3 is 0 Å². The molecule has 0 spiro atoms. The van der Waals surface area contributed by atoms with Crippen LogP contribution in [0.1, 0.15) is 30.4 Å². The van der Waals surface area contributed by atoms with Gasteiger partial charge in [-0.3, -0.25) is 4.79 Å². The molecule has 1 saturated carbocycles. The normalized spacial score (nSPS) is 20.9. The first-order chi connectivity index (χ1) is 7.15. The minimum atomic E-state index is 0.422. The molecular formula is C13H15ClO. The van der Waals surface area contributed by atoms with Gasteiger partial charge in [-0.25, -0.2) is 0 Å². The van der Waals surface area contributed by atoms with Gasteiger partial charge < -0.3 is 0 Å². The van der Waals surface area contributed by atoms with Crippen LogP contribution >= 0.6 is 11.6 Å². The molecular weight excluding hydrogens is 208 g/mol. The lowest BCUT2D eigenvalue weighted by Crippen LogP contribution is -2.00. The number of rotatable bonds is 2. The SMILES string of the molecule is Cc1cc(CC2CCC(=O)C2)ccc1Cl. The monoisotopic (exact) mass is 222 g/mol. The largest absolute Gasteiger partial charge is 0.300 e. The maximum atomic E-state index is 11.1. The summed E-state index contributed by atoms with van der Waals surface area (Å²) in [6.07, 6.45) is 3.61. The fraction of sp³-hybridized carbons (Fsp3) is 0.462. The van der Waals surface area contributed by atoms with Crippen LogP contribution in [-0.4, -0.2) is 5.78 Å². The average Bonchev–Trinajstić information content (AvgIpc) is 2.58. The molecule has 1 aliphatic rings. The van der Waals surface area contributed by atoms with Crippen molar-refractivity contribution in [2.75, 3.05) is 0 Å². The molecule has 0 saturated heterocycles. The first-order valence-electron chi connectivity index (χ1n) is 5.42. The minimum Gasteiger partial charge on any atom is -0.300 e. The van der Waals surface area contributed by atoms with Crippen LogP contribution in [0.4, 0.5) is 0 Å². The molecule has 1 nitrogen and oxygen atoms in total. The number of ketones is 1. The van der Waals surface area contributed by atoms with Gasteiger partial charge in [-0.05, 0) is 42.9 Å². The highest BCUT2D eigenvalue weighted by Gasteiger charge is 2.22. The van der Waals surface area contributed by atoms with Crippen LogP contribution in [0.25, 0.3) is 0 Å². The molecule has 1 aliphatic carbocycles. The Labute approximate surface area is 95.4 Å². The van der Waals surface area contributed by atoms with Gasteiger partial charge in [0, 0.05) is 17.9 Å². The van der Waals surface area contributed by atoms with E-state index in [1.165, 1.54) is 5.56 Å². The van der Waals surface area contributed by atoms with E-state index in [1.54, 1.807) is 0 Å². The second-order valence-corrected chi connectivity index (χ2v) is 4.84. The summed E-state index contributed by atoms with van der Waals surface area (Å²) in [7, 11) is 0. The van der Waals surface area contributed by atoms with Crippen LogP contribution < -0.4 is 0 Å². The standard InChI is InChI=1S/C13H15ClO/c1-9-6-10(3-5-13(9)14)7-11-2-4-12(15)8-11/h3,5-6,11H,2,4,7-8H2,1H3. The van der Waals surface area contributed by atoms with Crippen molar-refractivity contribution in [1.82, 2.24) is 0 Å². The lowest BCUT2D eigenvalue weighted by molar-refractivity contribution is -0.117. The zero-order chi connectivity index (χ0) is 10.8. The number of Topliss-reactive ketones (excluding diaryl/α,β-unsaturated/α-hetero) is 1. The van der Waals surface area contributed by atoms with E-state index in [4.69, 9.17) is 11.6 Å². The van der Waals surface area contributed by atoms with Gasteiger partial charge in [0.15, 0.2) is 0 Å². The van der Waals surface area contributed by atoms with Gasteiger partial charge in [0.1, 0.15) is 5.78 Å². The van der Waals surface area contributed by atoms with Crippen LogP contribution in [0, 0.1) is 12.8 Å². The number of aryl methyl sites for hydroxylation is 1. The van der Waals surface area contributed by atoms with Crippen molar-refractivity contribution >= 4 is 17.4 Å². The number of hydrogen-bond acceptors (Lipinski definition) is 1. The number of hydrogen-bond donors (Lipinski definition) is 0. The quantitative estimate of drug-likeness (QED) is 0.748. The Morgan fingerprint density at radius 1 is 1.47 bits per heavy atom. The van der Waals surface area contributed by atoms with Gasteiger partial charge in [0.2, 0.25) is 0 Å². The lowest BCUT2D eigenvalue weighted by atomic mass is 9.97. The molecule has 0 aliphatic heterocycles. The summed E-state index contributed by atoms with van der Waals surface area (Å²) in [5.41, 5.74) is 2.43. The van der Waals surface area contributed by atoms with Crippen LogP contribution in [0.3, 0.4) is 0 Å². The summed E-state index contributed by atoms with van der Waals surface area (Å²) >= 11 is 5.97. The highest BCUT2D eigenvalue weighted by molar-refractivity contribution is 6.31. The topological polar surface area (TPSA) is 17.1 Å². The van der Waals surface area contributed by atoms with E-state index in [9.17, 15) is 4.79 Å². The highest BCUT2D eigenvalue weighted by atomic mass is 35.5. The molecule has 15 heavy (non-hydrogen) atoms. The molecule has 0 aromatic heterocycles. The second-order valence-electron chi connectivity index (χ2n) is 4.44. The Morgan fingerprint density at radius 2 is 2.27 bits per heavy atom. The van der Waals surface area contributed by atoms with E-state index in [-0.39, 0.29) is 0 Å². The number of carbonyl (C=O) groups is 1. The molecule has 0 radical (unpaired) electrons. The third kappa shape index (κ3) is 2.60. The minimum absolute atomic E-state index is 0.422. The van der Waals surface area contributed by atoms with Gasteiger partial charge in [0.25, 0.3) is 0 Å². The van der Waals surface area contributed by atoms with Crippen molar-refractivity contribution in [2.45, 2.75) is 32.6 Å². The number of benzene rings is 1. The molecule has 0 amide bonds. The third-order valence-corrected chi connectivity index (χ3v) is 3.52. The lowest BCUT2D eigenvalue weighted by Gasteiger charge is -2.09. The number of halogens is 1. The van der Waals surface area contributed by atoms with E-state index in [0.717, 1.165) is 36.3 Å². The predicted molar refractivity (Wildman–Crippen MR) is 62.2 cm³/mol. The Kier molecular flexibility index (Phi) is 3.11. The zero-order valence-corrected chi connectivity index (χ0v) is 9.68. The maximum absolute atomic E-state index is 11.1. The van der Waals surface area contributed by atoms with Gasteiger partial charge in [-0.15, -0.1) is 0 Å². The van der Waals surface area contributed by atoms with Crippen molar-refractivity contribution in [1.29, 1.82) is 0 Å². The Balaban J connectivity index is 2.05. The molecule has 2 heteroatoms. The van der Waals surface area contributed by atoms with Crippen LogP contribution in [0.5, 0.6) is 0 Å². The second kappa shape index (κ2) is 4.36. The fourth-order valence-corrected chi connectivity index (χ4v) is 2.35. The van der Waals surface area contributed by atoms with E-state index in [2.05, 4.69) is 12.1 Å². The van der Waals surface area contributed by atoms with Crippen molar-refractivity contribution in [3.05, 3.63) is 34.3 Å². The van der Waals surface area contributed by atoms with E-state index < -0.39 is 0 Å². The Morgan fingerprint density at radius 3 is 2.87 bits per heavy atom. The van der Waals surface area contributed by atoms with Crippen molar-refractivity contribution in [3.63, 3.8) is 0 Å². The molecule has 1 fully saturated rings. The van der Waals surface area contributed by atoms with Gasteiger partial charge in [-0.1, -0.05) is 23.7 Å². The zero-order valence-electron chi connectivity index (χ0n) is 8.92. The van der Waals surface area contributed by atoms with Crippen molar-refractivity contribution in [3.8, 4) is 0 Å². The van der Waals surface area contributed by atoms with Crippen LogP contribution in [0.15, 0.2) is 18.2 Å². The van der Waals surface area contributed by atoms with Crippen LogP contribution in [-0.2, 0) is 11.2 Å². The first kappa shape index (κ1) is 10.7. The molecule has 0 bridgehead atoms. The smallest absolute Gasteiger partial charge is 0.133 e. The molecule has 1 unspecified atom stereocenters. The van der Waals surface area contributed by atoms with E-state index >= 15 is 0 Å². The molecule has 1 aromatic rings. The molecule has 80 valence electrons. The summed E-state index contributed by atoms with van der Waals surface area (Å²) in [4.78, 5) is 11.1. The Bertz CT molecular complexity index is 384. The summed E-state index contributed by atoms with van der Waals surface area (Å²) in [5.74, 6) is 0.976. The average molecular weight is 223 g/mol. The summed E-state index contributed by atoms with van der Waals surface area (Å²) in [5, 5.41) is 0.821. The predicted octanol–water partition coefficient (Wildman–Crippen LogP) is 3.56. The Hall–Kier alpha value is -0.820. The summed E-state index contributed by atoms with van der Waals surface area (Å²) in [6.45, 7) is 2.02. The maximum Gasteiger partial charge on any atom is 0.133 e. The highest BCUT2D eigenvalue weighted by Crippen LogP contribution is 2.27. The molecule has 2 rings (SSSR count). The molecule has 0 heterocycles. The first-order valence-corrected chi connectivity index (χ1v) is 5.79. The van der Waals surface area contributed by atoms with Crippen molar-refractivity contribution in [2.24, 2.45) is 5.92 Å². The van der Waals surface area contributed by atoms with Crippen molar-refractivity contribution < 1.29 is 4.79 Å². The molecule has 1 atom stereocenters. The number of carbonyl (C=O) groups excluding carboxylic acids is 1. The molecule has 1 aromatic carbocycles. The van der Waals surface area contributed by atoms with Crippen LogP contribution in [0.2, 0.25) is 5.02 Å². The summed E-state index contributed by atoms with van der Waals surface area (Å²) in [6, 6.07) is 6.15. The molecule has 0 N–H and O–H groups in total. The fourth-order valence-electron chi connectivity index (χ4n) is 2.23. The third-order valence-electron chi connectivity index (χ3n) is 3.09. The van der Waals surface area contributed by atoms with Gasteiger partial charge in [-0.2, -0.15) is 0 Å². The van der Waals surface area contributed by atoms with Gasteiger partial charge in [0.05, 0.1) is 0 Å².